The van der Waals surface area contributed by atoms with Crippen LogP contribution < -0.4 is 4.90 Å². The van der Waals surface area contributed by atoms with Gasteiger partial charge in [-0.15, -0.1) is 0 Å². The maximum Gasteiger partial charge on any atom is 0.417 e. The number of piperidine rings is 1. The van der Waals surface area contributed by atoms with E-state index in [1.54, 1.807) is 0 Å². The van der Waals surface area contributed by atoms with Crippen molar-refractivity contribution in [2.24, 2.45) is 5.92 Å². The molecular weight excluding hydrogens is 329 g/mol. The van der Waals surface area contributed by atoms with Gasteiger partial charge in [0, 0.05) is 44.5 Å². The Morgan fingerprint density at radius 3 is 2.40 bits per heavy atom. The van der Waals surface area contributed by atoms with Crippen molar-refractivity contribution in [1.82, 2.24) is 14.8 Å². The van der Waals surface area contributed by atoms with E-state index >= 15 is 0 Å². The molecule has 4 rings (SSSR count). The van der Waals surface area contributed by atoms with Crippen LogP contribution in [-0.4, -0.2) is 66.6 Å². The van der Waals surface area contributed by atoms with Gasteiger partial charge in [-0.3, -0.25) is 4.90 Å². The first-order chi connectivity index (χ1) is 11.9. The third-order valence-corrected chi connectivity index (χ3v) is 6.23. The van der Waals surface area contributed by atoms with Crippen molar-refractivity contribution < 1.29 is 13.2 Å². The lowest BCUT2D eigenvalue weighted by Crippen LogP contribution is -2.45. The lowest BCUT2D eigenvalue weighted by atomic mass is 10.0. The van der Waals surface area contributed by atoms with Crippen molar-refractivity contribution in [2.45, 2.75) is 37.5 Å². The van der Waals surface area contributed by atoms with E-state index in [9.17, 15) is 13.2 Å². The predicted molar refractivity (Wildman–Crippen MR) is 90.6 cm³/mol. The summed E-state index contributed by atoms with van der Waals surface area (Å²) < 4.78 is 37.9. The average molecular weight is 354 g/mol. The van der Waals surface area contributed by atoms with Crippen molar-refractivity contribution >= 4 is 5.82 Å². The molecule has 0 amide bonds. The fourth-order valence-corrected chi connectivity index (χ4v) is 4.70. The molecule has 1 aromatic rings. The number of anilines is 1. The topological polar surface area (TPSA) is 22.6 Å². The van der Waals surface area contributed by atoms with E-state index in [4.69, 9.17) is 0 Å². The van der Waals surface area contributed by atoms with Gasteiger partial charge < -0.3 is 9.80 Å². The Kier molecular flexibility index (Phi) is 4.40. The number of hydrogen-bond acceptors (Lipinski definition) is 4. The zero-order valence-corrected chi connectivity index (χ0v) is 14.5. The number of likely N-dealkylation sites (tertiary alicyclic amines) is 2. The van der Waals surface area contributed by atoms with E-state index in [1.165, 1.54) is 32.1 Å². The highest BCUT2D eigenvalue weighted by molar-refractivity contribution is 5.40. The normalized spacial score (nSPS) is 29.4. The first-order valence-electron chi connectivity index (χ1n) is 9.14. The second-order valence-electron chi connectivity index (χ2n) is 7.67. The maximum atomic E-state index is 12.6. The fraction of sp³-hybridized carbons (Fsp3) is 0.722. The first-order valence-corrected chi connectivity index (χ1v) is 9.14. The Labute approximate surface area is 146 Å². The molecule has 0 aliphatic carbocycles. The maximum absolute atomic E-state index is 12.6. The molecule has 138 valence electrons. The summed E-state index contributed by atoms with van der Waals surface area (Å²) in [5.74, 6) is 1.48. The molecule has 0 unspecified atom stereocenters. The van der Waals surface area contributed by atoms with E-state index in [-0.39, 0.29) is 0 Å². The molecule has 1 aromatic heterocycles. The third-order valence-electron chi connectivity index (χ3n) is 6.23. The zero-order valence-electron chi connectivity index (χ0n) is 14.5. The monoisotopic (exact) mass is 354 g/mol. The third kappa shape index (κ3) is 3.36. The number of alkyl halides is 3. The van der Waals surface area contributed by atoms with Crippen LogP contribution >= 0.6 is 0 Å². The van der Waals surface area contributed by atoms with Crippen LogP contribution in [0.4, 0.5) is 19.0 Å². The molecule has 2 atom stereocenters. The molecular formula is C18H25F3N4. The Morgan fingerprint density at radius 2 is 1.80 bits per heavy atom. The lowest BCUT2D eigenvalue weighted by Gasteiger charge is -2.37. The van der Waals surface area contributed by atoms with Gasteiger partial charge in [0.05, 0.1) is 5.56 Å². The number of fused-ring (bicyclic) bond motifs is 1. The Balaban J connectivity index is 1.33. The highest BCUT2D eigenvalue weighted by Crippen LogP contribution is 2.34. The van der Waals surface area contributed by atoms with Gasteiger partial charge in [-0.25, -0.2) is 4.98 Å². The van der Waals surface area contributed by atoms with Crippen molar-refractivity contribution in [3.8, 4) is 0 Å². The van der Waals surface area contributed by atoms with Gasteiger partial charge in [0.1, 0.15) is 5.82 Å². The lowest BCUT2D eigenvalue weighted by molar-refractivity contribution is -0.137. The van der Waals surface area contributed by atoms with Crippen molar-refractivity contribution in [3.05, 3.63) is 23.9 Å². The highest BCUT2D eigenvalue weighted by atomic mass is 19.4. The van der Waals surface area contributed by atoms with Gasteiger partial charge >= 0.3 is 6.18 Å². The van der Waals surface area contributed by atoms with E-state index < -0.39 is 11.7 Å². The van der Waals surface area contributed by atoms with Crippen LogP contribution in [0.1, 0.15) is 24.8 Å². The molecule has 3 fully saturated rings. The van der Waals surface area contributed by atoms with Gasteiger partial charge in [0.2, 0.25) is 0 Å². The quantitative estimate of drug-likeness (QED) is 0.814. The molecule has 0 saturated carbocycles. The van der Waals surface area contributed by atoms with E-state index in [2.05, 4.69) is 26.7 Å². The Hall–Kier alpha value is -1.34. The summed E-state index contributed by atoms with van der Waals surface area (Å²) >= 11 is 0. The number of nitrogens with zero attached hydrogens (tertiary/aromatic N) is 4. The molecule has 0 bridgehead atoms. The van der Waals surface area contributed by atoms with E-state index in [0.29, 0.717) is 11.9 Å². The molecule has 25 heavy (non-hydrogen) atoms. The minimum Gasteiger partial charge on any atom is -0.357 e. The summed E-state index contributed by atoms with van der Waals surface area (Å²) in [7, 11) is 2.23. The molecule has 4 nitrogen and oxygen atoms in total. The molecule has 4 heterocycles. The molecule has 0 N–H and O–H groups in total. The van der Waals surface area contributed by atoms with Crippen LogP contribution in [0.3, 0.4) is 0 Å². The predicted octanol–water partition coefficient (Wildman–Crippen LogP) is 2.71. The number of hydrogen-bond donors (Lipinski definition) is 0. The molecule has 7 heteroatoms. The summed E-state index contributed by atoms with van der Waals surface area (Å²) in [5.41, 5.74) is -0.682. The number of halogens is 3. The minimum atomic E-state index is -4.32. The fourth-order valence-electron chi connectivity index (χ4n) is 4.70. The van der Waals surface area contributed by atoms with Crippen molar-refractivity contribution in [2.75, 3.05) is 44.7 Å². The number of aromatic nitrogens is 1. The van der Waals surface area contributed by atoms with Gasteiger partial charge in [-0.2, -0.15) is 13.2 Å². The Bertz CT molecular complexity index is 595. The molecule has 3 aliphatic rings. The molecule has 0 spiro atoms. The van der Waals surface area contributed by atoms with Gasteiger partial charge in [-0.1, -0.05) is 0 Å². The van der Waals surface area contributed by atoms with Crippen LogP contribution in [0.25, 0.3) is 0 Å². The Morgan fingerprint density at radius 1 is 1.04 bits per heavy atom. The minimum absolute atomic E-state index is 0.602. The van der Waals surface area contributed by atoms with Crippen molar-refractivity contribution in [3.63, 3.8) is 0 Å². The van der Waals surface area contributed by atoms with Crippen LogP contribution in [-0.2, 0) is 6.18 Å². The highest BCUT2D eigenvalue weighted by Gasteiger charge is 2.42. The summed E-state index contributed by atoms with van der Waals surface area (Å²) in [4.78, 5) is 11.3. The molecule has 3 aliphatic heterocycles. The smallest absolute Gasteiger partial charge is 0.357 e. The summed E-state index contributed by atoms with van der Waals surface area (Å²) in [5, 5.41) is 0. The number of pyridine rings is 1. The first kappa shape index (κ1) is 17.1. The largest absolute Gasteiger partial charge is 0.417 e. The van der Waals surface area contributed by atoms with Gasteiger partial charge in [0.15, 0.2) is 0 Å². The second-order valence-corrected chi connectivity index (χ2v) is 7.67. The van der Waals surface area contributed by atoms with Crippen LogP contribution in [0.5, 0.6) is 0 Å². The van der Waals surface area contributed by atoms with Gasteiger partial charge in [-0.05, 0) is 50.9 Å². The summed E-state index contributed by atoms with van der Waals surface area (Å²) in [6.07, 6.45) is 0.0577. The van der Waals surface area contributed by atoms with Crippen LogP contribution in [0.15, 0.2) is 18.3 Å². The average Bonchev–Trinajstić information content (AvgIpc) is 3.17. The summed E-state index contributed by atoms with van der Waals surface area (Å²) in [6.45, 7) is 5.33. The van der Waals surface area contributed by atoms with Crippen LogP contribution in [0, 0.1) is 5.92 Å². The number of rotatable bonds is 2. The molecule has 0 aromatic carbocycles. The summed E-state index contributed by atoms with van der Waals surface area (Å²) in [6, 6.07) is 3.95. The second kappa shape index (κ2) is 6.43. The van der Waals surface area contributed by atoms with Gasteiger partial charge in [0.25, 0.3) is 0 Å². The zero-order chi connectivity index (χ0) is 17.6. The standard InChI is InChI=1S/C18H25F3N4/c1-23-7-4-13-11-25(12-16(13)23)15-5-8-24(9-6-15)17-3-2-14(10-22-17)18(19,20)21/h2-3,10,13,15-16H,4-9,11-12H2,1H3/t13-,16+/m1/s1. The van der Waals surface area contributed by atoms with Crippen LogP contribution in [0.2, 0.25) is 0 Å². The molecule has 3 saturated heterocycles. The van der Waals surface area contributed by atoms with E-state index in [1.807, 2.05) is 0 Å². The molecule has 0 radical (unpaired) electrons. The van der Waals surface area contributed by atoms with E-state index in [0.717, 1.165) is 50.2 Å². The van der Waals surface area contributed by atoms with Crippen molar-refractivity contribution in [1.29, 1.82) is 0 Å². The number of likely N-dealkylation sites (N-methyl/N-ethyl adjacent to an activating group) is 1. The SMILES string of the molecule is CN1CC[C@@H]2CN(C3CCN(c4ccc(C(F)(F)F)cn4)CC3)C[C@@H]21.